The second-order valence-electron chi connectivity index (χ2n) is 8.88. The number of nitrogens with zero attached hydrogens (tertiary/aromatic N) is 2. The zero-order valence-corrected chi connectivity index (χ0v) is 20.0. The second-order valence-corrected chi connectivity index (χ2v) is 8.88. The van der Waals surface area contributed by atoms with Crippen LogP contribution >= 0.6 is 0 Å². The fraction of sp³-hybridized carbons (Fsp3) is 0.286. The number of anilines is 2. The molecule has 1 fully saturated rings. The first-order valence-corrected chi connectivity index (χ1v) is 11.6. The molecule has 176 valence electrons. The molecule has 1 aliphatic heterocycles. The molecule has 6 nitrogen and oxygen atoms in total. The lowest BCUT2D eigenvalue weighted by Crippen LogP contribution is -2.49. The van der Waals surface area contributed by atoms with E-state index >= 15 is 0 Å². The van der Waals surface area contributed by atoms with E-state index in [4.69, 9.17) is 4.74 Å². The molecule has 1 aliphatic rings. The first-order valence-electron chi connectivity index (χ1n) is 11.6. The molecule has 1 saturated heterocycles. The number of hydrogen-bond donors (Lipinski definition) is 1. The van der Waals surface area contributed by atoms with E-state index in [0.717, 1.165) is 17.5 Å². The molecule has 0 unspecified atom stereocenters. The predicted octanol–water partition coefficient (Wildman–Crippen LogP) is 5.46. The van der Waals surface area contributed by atoms with Crippen LogP contribution in [0.1, 0.15) is 28.7 Å². The molecule has 0 atom stereocenters. The summed E-state index contributed by atoms with van der Waals surface area (Å²) in [6, 6.07) is 21.3. The fourth-order valence-corrected chi connectivity index (χ4v) is 4.37. The number of ether oxygens (including phenoxy) is 1. The summed E-state index contributed by atoms with van der Waals surface area (Å²) in [5.41, 5.74) is 5.83. The van der Waals surface area contributed by atoms with Gasteiger partial charge in [0.25, 0.3) is 5.91 Å². The Morgan fingerprint density at radius 2 is 1.65 bits per heavy atom. The normalized spacial score (nSPS) is 13.7. The van der Waals surface area contributed by atoms with Crippen LogP contribution in [0.15, 0.2) is 66.7 Å². The molecule has 0 aliphatic carbocycles. The van der Waals surface area contributed by atoms with E-state index in [-0.39, 0.29) is 18.5 Å². The van der Waals surface area contributed by atoms with Gasteiger partial charge in [0.2, 0.25) is 0 Å². The van der Waals surface area contributed by atoms with Gasteiger partial charge in [0.15, 0.2) is 6.61 Å². The van der Waals surface area contributed by atoms with E-state index in [9.17, 15) is 9.59 Å². The largest absolute Gasteiger partial charge is 0.484 e. The summed E-state index contributed by atoms with van der Waals surface area (Å²) in [6.07, 6.45) is 0.856. The average molecular weight is 458 g/mol. The second kappa shape index (κ2) is 10.4. The van der Waals surface area contributed by atoms with Gasteiger partial charge >= 0.3 is 6.03 Å². The molecule has 3 aromatic carbocycles. The maximum Gasteiger partial charge on any atom is 0.324 e. The molecule has 1 N–H and O–H groups in total. The van der Waals surface area contributed by atoms with Crippen molar-refractivity contribution in [3.63, 3.8) is 0 Å². The molecule has 0 aromatic heterocycles. The molecule has 3 aromatic rings. The van der Waals surface area contributed by atoms with Crippen LogP contribution in [-0.4, -0.2) is 36.5 Å². The minimum atomic E-state index is -0.271. The highest BCUT2D eigenvalue weighted by Crippen LogP contribution is 2.30. The zero-order valence-electron chi connectivity index (χ0n) is 20.0. The summed E-state index contributed by atoms with van der Waals surface area (Å²) >= 11 is 0. The van der Waals surface area contributed by atoms with Gasteiger partial charge < -0.3 is 15.0 Å². The van der Waals surface area contributed by atoms with Crippen molar-refractivity contribution in [2.24, 2.45) is 0 Å². The van der Waals surface area contributed by atoms with Crippen molar-refractivity contribution in [1.29, 1.82) is 0 Å². The number of aryl methyl sites for hydroxylation is 3. The third-order valence-corrected chi connectivity index (χ3v) is 5.80. The molecule has 0 spiro atoms. The van der Waals surface area contributed by atoms with Crippen molar-refractivity contribution >= 4 is 23.3 Å². The highest BCUT2D eigenvalue weighted by Gasteiger charge is 2.28. The third kappa shape index (κ3) is 5.76. The molecule has 34 heavy (non-hydrogen) atoms. The minimum absolute atomic E-state index is 0.0507. The Kier molecular flexibility index (Phi) is 7.16. The average Bonchev–Trinajstić information content (AvgIpc) is 2.80. The molecule has 1 heterocycles. The van der Waals surface area contributed by atoms with Crippen LogP contribution in [-0.2, 0) is 11.3 Å². The first kappa shape index (κ1) is 23.4. The van der Waals surface area contributed by atoms with Gasteiger partial charge in [-0.25, -0.2) is 4.79 Å². The number of carbonyl (C=O) groups excluding carboxylic acids is 2. The van der Waals surface area contributed by atoms with Crippen molar-refractivity contribution < 1.29 is 14.3 Å². The Morgan fingerprint density at radius 1 is 0.912 bits per heavy atom. The number of urea groups is 1. The summed E-state index contributed by atoms with van der Waals surface area (Å²) < 4.78 is 5.58. The Labute approximate surface area is 201 Å². The van der Waals surface area contributed by atoms with Crippen LogP contribution in [0.2, 0.25) is 0 Å². The Morgan fingerprint density at radius 3 is 2.38 bits per heavy atom. The standard InChI is InChI=1S/C28H31N3O3/c1-20-10-11-26(25(17-20)29-27(32)19-34-24-8-5-4-6-9-24)31-13-7-12-30(28(31)33)18-23-15-21(2)14-22(3)16-23/h4-6,8-11,14-17H,7,12-13,18-19H2,1-3H3,(H,29,32). The summed E-state index contributed by atoms with van der Waals surface area (Å²) in [5.74, 6) is 0.364. The number of para-hydroxylation sites is 1. The monoisotopic (exact) mass is 457 g/mol. The van der Waals surface area contributed by atoms with Gasteiger partial charge in [-0.05, 0) is 62.6 Å². The number of benzene rings is 3. The molecular weight excluding hydrogens is 426 g/mol. The minimum Gasteiger partial charge on any atom is -0.484 e. The lowest BCUT2D eigenvalue weighted by atomic mass is 10.1. The molecule has 3 amide bonds. The molecular formula is C28H31N3O3. The number of amides is 3. The first-order chi connectivity index (χ1) is 16.4. The maximum atomic E-state index is 13.4. The van der Waals surface area contributed by atoms with Crippen LogP contribution in [0.25, 0.3) is 0 Å². The topological polar surface area (TPSA) is 61.9 Å². The Bertz CT molecular complexity index is 1160. The third-order valence-electron chi connectivity index (χ3n) is 5.80. The maximum absolute atomic E-state index is 13.4. The van der Waals surface area contributed by atoms with Crippen molar-refractivity contribution in [3.8, 4) is 5.75 Å². The predicted molar refractivity (Wildman–Crippen MR) is 135 cm³/mol. The molecule has 0 saturated carbocycles. The number of carbonyl (C=O) groups is 2. The summed E-state index contributed by atoms with van der Waals surface area (Å²) in [4.78, 5) is 29.7. The van der Waals surface area contributed by atoms with Crippen molar-refractivity contribution in [2.45, 2.75) is 33.7 Å². The number of hydrogen-bond acceptors (Lipinski definition) is 3. The van der Waals surface area contributed by atoms with Gasteiger partial charge in [-0.3, -0.25) is 9.69 Å². The molecule has 0 bridgehead atoms. The van der Waals surface area contributed by atoms with Gasteiger partial charge in [-0.2, -0.15) is 0 Å². The van der Waals surface area contributed by atoms with E-state index in [0.29, 0.717) is 36.8 Å². The lowest BCUT2D eigenvalue weighted by molar-refractivity contribution is -0.118. The molecule has 4 rings (SSSR count). The highest BCUT2D eigenvalue weighted by molar-refractivity contribution is 6.01. The van der Waals surface area contributed by atoms with Crippen LogP contribution < -0.4 is 15.0 Å². The van der Waals surface area contributed by atoms with Gasteiger partial charge in [0.05, 0.1) is 11.4 Å². The van der Waals surface area contributed by atoms with E-state index in [1.54, 1.807) is 4.90 Å². The molecule has 6 heteroatoms. The highest BCUT2D eigenvalue weighted by atomic mass is 16.5. The van der Waals surface area contributed by atoms with Gasteiger partial charge in [0, 0.05) is 19.6 Å². The van der Waals surface area contributed by atoms with E-state index in [1.165, 1.54) is 11.1 Å². The van der Waals surface area contributed by atoms with Crippen molar-refractivity contribution in [1.82, 2.24) is 4.90 Å². The quantitative estimate of drug-likeness (QED) is 0.512. The van der Waals surface area contributed by atoms with E-state index < -0.39 is 0 Å². The van der Waals surface area contributed by atoms with Crippen LogP contribution in [0, 0.1) is 20.8 Å². The van der Waals surface area contributed by atoms with Crippen molar-refractivity contribution in [2.75, 3.05) is 29.9 Å². The van der Waals surface area contributed by atoms with Crippen LogP contribution in [0.5, 0.6) is 5.75 Å². The summed E-state index contributed by atoms with van der Waals surface area (Å²) in [7, 11) is 0. The lowest BCUT2D eigenvalue weighted by Gasteiger charge is -2.36. The van der Waals surface area contributed by atoms with Gasteiger partial charge in [-0.15, -0.1) is 0 Å². The fourth-order valence-electron chi connectivity index (χ4n) is 4.37. The van der Waals surface area contributed by atoms with E-state index in [1.807, 2.05) is 60.4 Å². The summed E-state index contributed by atoms with van der Waals surface area (Å²) in [5, 5.41) is 2.94. The van der Waals surface area contributed by atoms with Crippen molar-refractivity contribution in [3.05, 3.63) is 89.0 Å². The van der Waals surface area contributed by atoms with Crippen LogP contribution in [0.3, 0.4) is 0 Å². The van der Waals surface area contributed by atoms with Crippen LogP contribution in [0.4, 0.5) is 16.2 Å². The SMILES string of the molecule is Cc1cc(C)cc(CN2CCCN(c3ccc(C)cc3NC(=O)COc3ccccc3)C2=O)c1. The zero-order chi connectivity index (χ0) is 24.1. The number of rotatable bonds is 7. The smallest absolute Gasteiger partial charge is 0.324 e. The number of nitrogens with one attached hydrogen (secondary N) is 1. The van der Waals surface area contributed by atoms with Gasteiger partial charge in [0.1, 0.15) is 5.75 Å². The Hall–Kier alpha value is -3.80. The van der Waals surface area contributed by atoms with Gasteiger partial charge in [-0.1, -0.05) is 53.6 Å². The molecule has 0 radical (unpaired) electrons. The van der Waals surface area contributed by atoms with E-state index in [2.05, 4.69) is 37.4 Å². The Balaban J connectivity index is 1.49. The summed E-state index contributed by atoms with van der Waals surface area (Å²) in [6.45, 7) is 7.88.